The highest BCUT2D eigenvalue weighted by Gasteiger charge is 2.22. The third-order valence-corrected chi connectivity index (χ3v) is 9.21. The molecule has 3 N–H and O–H groups in total. The Balaban J connectivity index is 1.72. The molecule has 1 aliphatic rings. The highest BCUT2D eigenvalue weighted by Crippen LogP contribution is 2.41. The summed E-state index contributed by atoms with van der Waals surface area (Å²) in [7, 11) is 0. The van der Waals surface area contributed by atoms with E-state index in [1.165, 1.54) is 0 Å². The number of nitrogens with one attached hydrogen (secondary N) is 3. The molecule has 0 radical (unpaired) electrons. The summed E-state index contributed by atoms with van der Waals surface area (Å²) in [5.74, 6) is 3.56. The number of anilines is 2. The quantitative estimate of drug-likeness (QED) is 0.142. The van der Waals surface area contributed by atoms with E-state index < -0.39 is 0 Å². The Kier molecular flexibility index (Phi) is 11.0. The van der Waals surface area contributed by atoms with Crippen LogP contribution in [0.25, 0.3) is 15.7 Å². The Morgan fingerprint density at radius 2 is 1.95 bits per heavy atom. The van der Waals surface area contributed by atoms with Gasteiger partial charge in [0.05, 0.1) is 16.3 Å². The minimum absolute atomic E-state index is 0.171. The number of ether oxygens (including phenoxy) is 1. The van der Waals surface area contributed by atoms with Gasteiger partial charge in [-0.05, 0) is 61.3 Å². The van der Waals surface area contributed by atoms with Gasteiger partial charge in [-0.1, -0.05) is 89.2 Å². The number of aromatic nitrogens is 2. The Morgan fingerprint density at radius 3 is 2.63 bits per heavy atom. The summed E-state index contributed by atoms with van der Waals surface area (Å²) in [4.78, 5) is 11.5. The lowest BCUT2D eigenvalue weighted by Gasteiger charge is -2.24. The van der Waals surface area contributed by atoms with Crippen LogP contribution < -0.4 is 20.1 Å². The Morgan fingerprint density at radius 1 is 1.17 bits per heavy atom. The molecule has 1 aliphatic heterocycles. The Labute approximate surface area is 254 Å². The topological polar surface area (TPSA) is 71.1 Å². The van der Waals surface area contributed by atoms with Crippen LogP contribution in [0, 0.1) is 11.3 Å². The van der Waals surface area contributed by atoms with Gasteiger partial charge in [-0.25, -0.2) is 9.97 Å². The summed E-state index contributed by atoms with van der Waals surface area (Å²) < 4.78 is 10.5. The predicted molar refractivity (Wildman–Crippen MR) is 180 cm³/mol. The zero-order valence-electron chi connectivity index (χ0n) is 25.3. The van der Waals surface area contributed by atoms with Crippen LogP contribution in [-0.2, 0) is 0 Å². The normalized spacial score (nSPS) is 17.1. The number of allylic oxidation sites excluding steroid dienone is 2. The predicted octanol–water partition coefficient (Wildman–Crippen LogP) is 8.96. The lowest BCUT2D eigenvalue weighted by molar-refractivity contribution is 0.360. The van der Waals surface area contributed by atoms with E-state index in [1.807, 2.05) is 19.2 Å². The number of nitrogens with zero attached hydrogens (tertiary/aromatic N) is 2. The van der Waals surface area contributed by atoms with Gasteiger partial charge in [0.2, 0.25) is 5.95 Å². The summed E-state index contributed by atoms with van der Waals surface area (Å²) in [5, 5.41) is 9.19. The van der Waals surface area contributed by atoms with Gasteiger partial charge in [0.25, 0.3) is 0 Å². The number of thioether (sulfide) groups is 1. The van der Waals surface area contributed by atoms with Crippen molar-refractivity contribution in [1.82, 2.24) is 15.3 Å². The number of benzene rings is 2. The fourth-order valence-corrected chi connectivity index (χ4v) is 6.32. The standard InChI is InChI=1S/C33H45N5OS2/c1-8-23(4)30(31(41-22(2)3)28-17-19-35-32(37-28)36-24-12-11-18-34-20-24)39-29-16-15-27(38-40-21-33(5,6)7)25-13-9-10-14-26(25)29/h9-10,13-17,19,23-24,34,38H,2,8,11-12,18,20-21H2,1,3-7H3,(H,35,36,37)/b31-30+. The van der Waals surface area contributed by atoms with Crippen molar-refractivity contribution in [1.29, 1.82) is 0 Å². The Bertz CT molecular complexity index is 1360. The van der Waals surface area contributed by atoms with Crippen molar-refractivity contribution in [3.8, 4) is 5.75 Å². The lowest BCUT2D eigenvalue weighted by atomic mass is 10.0. The average Bonchev–Trinajstić information content (AvgIpc) is 2.95. The smallest absolute Gasteiger partial charge is 0.223 e. The summed E-state index contributed by atoms with van der Waals surface area (Å²) in [6.07, 6.45) is 5.02. The zero-order chi connectivity index (χ0) is 29.4. The highest BCUT2D eigenvalue weighted by molar-refractivity contribution is 8.11. The molecule has 4 rings (SSSR count). The van der Waals surface area contributed by atoms with Crippen LogP contribution in [0.1, 0.15) is 66.5 Å². The molecule has 220 valence electrons. The highest BCUT2D eigenvalue weighted by atomic mass is 32.2. The van der Waals surface area contributed by atoms with Gasteiger partial charge in [-0.3, -0.25) is 0 Å². The van der Waals surface area contributed by atoms with E-state index >= 15 is 0 Å². The number of rotatable bonds is 12. The van der Waals surface area contributed by atoms with Crippen LogP contribution in [-0.4, -0.2) is 34.9 Å². The summed E-state index contributed by atoms with van der Waals surface area (Å²) in [5.41, 5.74) is 2.18. The van der Waals surface area contributed by atoms with Crippen molar-refractivity contribution >= 4 is 51.0 Å². The molecular formula is C33H45N5OS2. The van der Waals surface area contributed by atoms with Gasteiger partial charge in [-0.2, -0.15) is 0 Å². The molecule has 0 amide bonds. The van der Waals surface area contributed by atoms with Crippen molar-refractivity contribution in [2.45, 2.75) is 66.8 Å². The molecule has 2 atom stereocenters. The molecule has 0 spiro atoms. The van der Waals surface area contributed by atoms with Gasteiger partial charge >= 0.3 is 0 Å². The van der Waals surface area contributed by atoms with Crippen molar-refractivity contribution in [2.75, 3.05) is 28.9 Å². The number of hydrogen-bond acceptors (Lipinski definition) is 8. The molecule has 2 unspecified atom stereocenters. The van der Waals surface area contributed by atoms with Crippen molar-refractivity contribution in [2.24, 2.45) is 11.3 Å². The third-order valence-electron chi connectivity index (χ3n) is 6.87. The first kappa shape index (κ1) is 31.3. The van der Waals surface area contributed by atoms with Crippen LogP contribution in [0.4, 0.5) is 11.6 Å². The number of hydrogen-bond donors (Lipinski definition) is 3. The van der Waals surface area contributed by atoms with Gasteiger partial charge < -0.3 is 20.1 Å². The molecule has 2 heterocycles. The first-order chi connectivity index (χ1) is 19.6. The fraction of sp³-hybridized carbons (Fsp3) is 0.455. The number of fused-ring (bicyclic) bond motifs is 1. The lowest BCUT2D eigenvalue weighted by Crippen LogP contribution is -2.38. The molecule has 1 saturated heterocycles. The van der Waals surface area contributed by atoms with Crippen molar-refractivity contribution < 1.29 is 4.74 Å². The second kappa shape index (κ2) is 14.5. The monoisotopic (exact) mass is 591 g/mol. The van der Waals surface area contributed by atoms with Gasteiger partial charge in [0.1, 0.15) is 11.5 Å². The molecule has 41 heavy (non-hydrogen) atoms. The Hall–Kier alpha value is -2.68. The van der Waals surface area contributed by atoms with Crippen LogP contribution in [0.3, 0.4) is 0 Å². The van der Waals surface area contributed by atoms with E-state index in [4.69, 9.17) is 9.72 Å². The van der Waals surface area contributed by atoms with Gasteiger partial charge in [-0.15, -0.1) is 0 Å². The molecule has 1 aromatic heterocycles. The van der Waals surface area contributed by atoms with Crippen molar-refractivity contribution in [3.63, 3.8) is 0 Å². The first-order valence-electron chi connectivity index (χ1n) is 14.6. The summed E-state index contributed by atoms with van der Waals surface area (Å²) in [6.45, 7) is 19.4. The van der Waals surface area contributed by atoms with E-state index in [0.29, 0.717) is 12.0 Å². The fourth-order valence-electron chi connectivity index (χ4n) is 4.57. The van der Waals surface area contributed by atoms with Crippen LogP contribution in [0.2, 0.25) is 0 Å². The third kappa shape index (κ3) is 8.90. The van der Waals surface area contributed by atoms with Crippen molar-refractivity contribution in [3.05, 3.63) is 71.6 Å². The molecule has 0 bridgehead atoms. The maximum atomic E-state index is 6.89. The summed E-state index contributed by atoms with van der Waals surface area (Å²) >= 11 is 3.36. The SMILES string of the molecule is C=C(C)S/C(=C(/Oc1ccc(NSCC(C)(C)C)c2ccccc12)C(C)CC)c1ccnc(NC2CCCNC2)n1. The summed E-state index contributed by atoms with van der Waals surface area (Å²) in [6, 6.07) is 14.9. The molecule has 2 aromatic carbocycles. The molecule has 0 aliphatic carbocycles. The van der Waals surface area contributed by atoms with E-state index in [1.54, 1.807) is 23.7 Å². The molecule has 1 fully saturated rings. The van der Waals surface area contributed by atoms with E-state index in [-0.39, 0.29) is 11.3 Å². The van der Waals surface area contributed by atoms with Crippen LogP contribution in [0.15, 0.2) is 65.9 Å². The largest absolute Gasteiger partial charge is 0.460 e. The minimum atomic E-state index is 0.171. The van der Waals surface area contributed by atoms with Gasteiger partial charge in [0, 0.05) is 41.2 Å². The van der Waals surface area contributed by atoms with Crippen LogP contribution in [0.5, 0.6) is 5.75 Å². The molecule has 3 aromatic rings. The average molecular weight is 592 g/mol. The number of piperidine rings is 1. The minimum Gasteiger partial charge on any atom is -0.460 e. The van der Waals surface area contributed by atoms with Gasteiger partial charge in [0.15, 0.2) is 0 Å². The first-order valence-corrected chi connectivity index (χ1v) is 16.4. The van der Waals surface area contributed by atoms with E-state index in [9.17, 15) is 0 Å². The second-order valence-electron chi connectivity index (χ2n) is 12.0. The maximum absolute atomic E-state index is 6.89. The second-order valence-corrected chi connectivity index (χ2v) is 14.1. The maximum Gasteiger partial charge on any atom is 0.223 e. The molecule has 0 saturated carbocycles. The molecule has 8 heteroatoms. The van der Waals surface area contributed by atoms with E-state index in [2.05, 4.69) is 97.9 Å². The molecule has 6 nitrogen and oxygen atoms in total. The van der Waals surface area contributed by atoms with E-state index in [0.717, 1.165) is 81.6 Å². The van der Waals surface area contributed by atoms with Crippen LogP contribution >= 0.6 is 23.7 Å². The molecular weight excluding hydrogens is 547 g/mol. The zero-order valence-corrected chi connectivity index (χ0v) is 27.0.